The zero-order chi connectivity index (χ0) is 19.4. The summed E-state index contributed by atoms with van der Waals surface area (Å²) in [7, 11) is 0. The monoisotopic (exact) mass is 467 g/mol. The smallest absolute Gasteiger partial charge is 0.260 e. The molecule has 1 heterocycles. The van der Waals surface area contributed by atoms with Crippen molar-refractivity contribution in [3.8, 4) is 5.75 Å². The molecule has 3 aromatic rings. The number of anilines is 1. The molecule has 0 aliphatic carbocycles. The van der Waals surface area contributed by atoms with E-state index >= 15 is 0 Å². The topological polar surface area (TPSA) is 56.1 Å². The third-order valence-electron chi connectivity index (χ3n) is 3.71. The minimum Gasteiger partial charge on any atom is -0.493 e. The van der Waals surface area contributed by atoms with Gasteiger partial charge in [-0.25, -0.2) is 0 Å². The van der Waals surface area contributed by atoms with Gasteiger partial charge in [-0.1, -0.05) is 41.4 Å². The lowest BCUT2D eigenvalue weighted by atomic mass is 10.2. The lowest BCUT2D eigenvalue weighted by Gasteiger charge is -2.09. The van der Waals surface area contributed by atoms with Crippen LogP contribution in [0, 0.1) is 0 Å². The summed E-state index contributed by atoms with van der Waals surface area (Å²) in [6, 6.07) is 12.5. The largest absolute Gasteiger partial charge is 0.493 e. The fourth-order valence-corrected chi connectivity index (χ4v) is 3.23. The van der Waals surface area contributed by atoms with Crippen molar-refractivity contribution >= 4 is 50.9 Å². The van der Waals surface area contributed by atoms with Crippen LogP contribution in [0.3, 0.4) is 0 Å². The van der Waals surface area contributed by atoms with Gasteiger partial charge in [0.25, 0.3) is 5.91 Å². The van der Waals surface area contributed by atoms with Crippen LogP contribution in [0.4, 0.5) is 5.82 Å². The molecule has 0 aliphatic heterocycles. The summed E-state index contributed by atoms with van der Waals surface area (Å²) >= 11 is 15.4. The molecule has 0 spiro atoms. The van der Waals surface area contributed by atoms with Crippen molar-refractivity contribution in [3.63, 3.8) is 0 Å². The van der Waals surface area contributed by atoms with E-state index in [1.165, 1.54) is 0 Å². The minimum absolute atomic E-state index is 0.292. The summed E-state index contributed by atoms with van der Waals surface area (Å²) in [4.78, 5) is 12.6. The quantitative estimate of drug-likeness (QED) is 0.508. The minimum atomic E-state index is -0.292. The molecular weight excluding hydrogens is 453 g/mol. The van der Waals surface area contributed by atoms with Crippen LogP contribution in [0.1, 0.15) is 22.8 Å². The molecular formula is C19H16BrCl2N3O2. The number of halogens is 3. The second-order valence-electron chi connectivity index (χ2n) is 5.65. The fraction of sp³-hybridized carbons (Fsp3) is 0.158. The number of nitrogens with one attached hydrogen (secondary N) is 1. The van der Waals surface area contributed by atoms with E-state index in [9.17, 15) is 4.79 Å². The van der Waals surface area contributed by atoms with Crippen LogP contribution in [0.5, 0.6) is 5.75 Å². The first-order valence-corrected chi connectivity index (χ1v) is 9.73. The number of rotatable bonds is 6. The molecule has 8 heteroatoms. The Hall–Kier alpha value is -2.02. The summed E-state index contributed by atoms with van der Waals surface area (Å²) in [6.45, 7) is 2.84. The van der Waals surface area contributed by atoms with Gasteiger partial charge in [-0.05, 0) is 52.7 Å². The molecule has 0 atom stereocenters. The summed E-state index contributed by atoms with van der Waals surface area (Å²) in [5.74, 6) is 0.662. The van der Waals surface area contributed by atoms with Crippen LogP contribution in [0.25, 0.3) is 0 Å². The summed E-state index contributed by atoms with van der Waals surface area (Å²) in [6.07, 6.45) is 1.78. The van der Waals surface area contributed by atoms with Crippen molar-refractivity contribution in [2.75, 3.05) is 11.9 Å². The molecule has 0 bridgehead atoms. The molecule has 0 saturated heterocycles. The highest BCUT2D eigenvalue weighted by Gasteiger charge is 2.16. The van der Waals surface area contributed by atoms with Crippen molar-refractivity contribution in [2.45, 2.75) is 13.5 Å². The molecule has 0 fully saturated rings. The molecule has 3 rings (SSSR count). The van der Waals surface area contributed by atoms with Gasteiger partial charge >= 0.3 is 0 Å². The molecule has 1 N–H and O–H groups in total. The van der Waals surface area contributed by atoms with Gasteiger partial charge in [0.15, 0.2) is 5.82 Å². The molecule has 27 heavy (non-hydrogen) atoms. The number of hydrogen-bond donors (Lipinski definition) is 1. The van der Waals surface area contributed by atoms with Gasteiger partial charge in [0, 0.05) is 6.20 Å². The van der Waals surface area contributed by atoms with Gasteiger partial charge < -0.3 is 10.1 Å². The molecule has 0 unspecified atom stereocenters. The summed E-state index contributed by atoms with van der Waals surface area (Å²) in [5.41, 5.74) is 1.39. The lowest BCUT2D eigenvalue weighted by molar-refractivity contribution is 0.102. The number of carbonyl (C=O) groups is 1. The van der Waals surface area contributed by atoms with Crippen LogP contribution in [0.2, 0.25) is 10.0 Å². The first kappa shape index (κ1) is 19.7. The average Bonchev–Trinajstić information content (AvgIpc) is 2.98. The highest BCUT2D eigenvalue weighted by atomic mass is 79.9. The maximum absolute atomic E-state index is 12.6. The van der Waals surface area contributed by atoms with Crippen LogP contribution >= 0.6 is 39.1 Å². The van der Waals surface area contributed by atoms with Crippen LogP contribution in [-0.2, 0) is 6.54 Å². The molecule has 1 amide bonds. The normalized spacial score (nSPS) is 10.7. The first-order valence-electron chi connectivity index (χ1n) is 8.18. The highest BCUT2D eigenvalue weighted by Crippen LogP contribution is 2.26. The number of hydrogen-bond acceptors (Lipinski definition) is 3. The van der Waals surface area contributed by atoms with E-state index in [2.05, 4.69) is 26.3 Å². The molecule has 0 aliphatic rings. The first-order chi connectivity index (χ1) is 13.0. The number of ether oxygens (including phenoxy) is 1. The Labute approximate surface area is 175 Å². The standard InChI is InChI=1S/C19H16BrCl2N3O2/c1-2-27-17-6-4-3-5-13(17)19(26)23-18-14(20)11-25(24-18)10-12-7-8-15(21)16(22)9-12/h3-9,11H,2,10H2,1H3,(H,23,24,26). The zero-order valence-corrected chi connectivity index (χ0v) is 17.5. The molecule has 2 aromatic carbocycles. The molecule has 5 nitrogen and oxygen atoms in total. The number of amides is 1. The zero-order valence-electron chi connectivity index (χ0n) is 14.4. The maximum Gasteiger partial charge on any atom is 0.260 e. The molecule has 0 saturated carbocycles. The Morgan fingerprint density at radius 2 is 2.00 bits per heavy atom. The van der Waals surface area contributed by atoms with Crippen molar-refractivity contribution < 1.29 is 9.53 Å². The Morgan fingerprint density at radius 3 is 2.74 bits per heavy atom. The Morgan fingerprint density at radius 1 is 1.22 bits per heavy atom. The van der Waals surface area contributed by atoms with Gasteiger partial charge in [0.05, 0.1) is 33.2 Å². The third-order valence-corrected chi connectivity index (χ3v) is 5.03. The predicted octanol–water partition coefficient (Wildman–Crippen LogP) is 5.65. The van der Waals surface area contributed by atoms with Gasteiger partial charge in [-0.2, -0.15) is 5.10 Å². The fourth-order valence-electron chi connectivity index (χ4n) is 2.50. The summed E-state index contributed by atoms with van der Waals surface area (Å²) in [5, 5.41) is 8.22. The average molecular weight is 469 g/mol. The van der Waals surface area contributed by atoms with Crippen LogP contribution < -0.4 is 10.1 Å². The Kier molecular flexibility index (Phi) is 6.42. The molecule has 1 aromatic heterocycles. The lowest BCUT2D eigenvalue weighted by Crippen LogP contribution is -2.14. The Bertz CT molecular complexity index is 975. The van der Waals surface area contributed by atoms with E-state index in [1.54, 1.807) is 41.2 Å². The second-order valence-corrected chi connectivity index (χ2v) is 7.32. The van der Waals surface area contributed by atoms with Gasteiger partial charge in [-0.3, -0.25) is 9.48 Å². The predicted molar refractivity (Wildman–Crippen MR) is 111 cm³/mol. The van der Waals surface area contributed by atoms with E-state index in [1.807, 2.05) is 19.1 Å². The van der Waals surface area contributed by atoms with E-state index in [0.29, 0.717) is 44.8 Å². The van der Waals surface area contributed by atoms with Crippen LogP contribution in [0.15, 0.2) is 53.1 Å². The van der Waals surface area contributed by atoms with E-state index in [0.717, 1.165) is 5.56 Å². The molecule has 140 valence electrons. The maximum atomic E-state index is 12.6. The van der Waals surface area contributed by atoms with Crippen LogP contribution in [-0.4, -0.2) is 22.3 Å². The Balaban J connectivity index is 1.76. The van der Waals surface area contributed by atoms with Crippen molar-refractivity contribution in [1.29, 1.82) is 0 Å². The van der Waals surface area contributed by atoms with E-state index in [4.69, 9.17) is 27.9 Å². The van der Waals surface area contributed by atoms with Gasteiger partial charge in [-0.15, -0.1) is 0 Å². The van der Waals surface area contributed by atoms with E-state index < -0.39 is 0 Å². The van der Waals surface area contributed by atoms with Crippen molar-refractivity contribution in [1.82, 2.24) is 9.78 Å². The highest BCUT2D eigenvalue weighted by molar-refractivity contribution is 9.10. The van der Waals surface area contributed by atoms with Gasteiger partial charge in [0.1, 0.15) is 5.75 Å². The van der Waals surface area contributed by atoms with Crippen molar-refractivity contribution in [3.05, 3.63) is 74.3 Å². The number of carbonyl (C=O) groups excluding carboxylic acids is 1. The van der Waals surface area contributed by atoms with E-state index in [-0.39, 0.29) is 5.91 Å². The second kappa shape index (κ2) is 8.78. The molecule has 0 radical (unpaired) electrons. The third kappa shape index (κ3) is 4.83. The number of nitrogens with zero attached hydrogens (tertiary/aromatic N) is 2. The SMILES string of the molecule is CCOc1ccccc1C(=O)Nc1nn(Cc2ccc(Cl)c(Cl)c2)cc1Br. The number of aromatic nitrogens is 2. The number of para-hydroxylation sites is 1. The summed E-state index contributed by atoms with van der Waals surface area (Å²) < 4.78 is 7.88. The van der Waals surface area contributed by atoms with Gasteiger partial charge in [0.2, 0.25) is 0 Å². The number of benzene rings is 2. The van der Waals surface area contributed by atoms with Crippen molar-refractivity contribution in [2.24, 2.45) is 0 Å².